The molecule has 0 aliphatic heterocycles. The first-order chi connectivity index (χ1) is 11.7. The minimum absolute atomic E-state index is 0. The van der Waals surface area contributed by atoms with Crippen LogP contribution in [0.2, 0.25) is 0 Å². The van der Waals surface area contributed by atoms with Gasteiger partial charge in [-0.25, -0.2) is 4.39 Å². The number of hydrogen-bond donors (Lipinski definition) is 0. The van der Waals surface area contributed by atoms with Crippen LogP contribution >= 0.6 is 0 Å². The Balaban J connectivity index is 0.00000225. The first-order valence-electron chi connectivity index (χ1n) is 10.0. The molecule has 1 radical (unpaired) electrons. The van der Waals surface area contributed by atoms with Crippen LogP contribution in [0.3, 0.4) is 0 Å². The molecular weight excluding hydrogens is 386 g/mol. The molecule has 0 aromatic carbocycles. The van der Waals surface area contributed by atoms with Crippen molar-refractivity contribution in [1.29, 1.82) is 5.26 Å². The summed E-state index contributed by atoms with van der Waals surface area (Å²) in [6.45, 7) is 2.39. The smallest absolute Gasteiger partial charge is 0.112 e. The number of nitriles is 1. The van der Waals surface area contributed by atoms with Crippen molar-refractivity contribution in [1.82, 2.24) is 0 Å². The first-order valence-corrected chi connectivity index (χ1v) is 10.0. The molecule has 0 bridgehead atoms. The maximum atomic E-state index is 13.8. The third-order valence-corrected chi connectivity index (χ3v) is 6.73. The molecule has 0 spiro atoms. The molecule has 0 aromatic heterocycles. The van der Waals surface area contributed by atoms with Crippen molar-refractivity contribution in [2.24, 2.45) is 35.5 Å². The van der Waals surface area contributed by atoms with Gasteiger partial charge in [0.05, 0.1) is 12.0 Å². The van der Waals surface area contributed by atoms with E-state index in [1.54, 1.807) is 0 Å². The van der Waals surface area contributed by atoms with Gasteiger partial charge in [0, 0.05) is 38.6 Å². The molecule has 3 aliphatic rings. The van der Waals surface area contributed by atoms with Crippen LogP contribution in [0.4, 0.5) is 4.39 Å². The standard InChI is InChI=1S/C22H31FN.Y/c1-16-2-9-19(10-3-16)20-11-6-17(7-12-20)4-5-18-8-13-21(15-24)22(23)14-18;/h8,16-22H,2-3,6-7,9-14H2,1H3;/q-1;. The van der Waals surface area contributed by atoms with E-state index in [0.717, 1.165) is 17.8 Å². The summed E-state index contributed by atoms with van der Waals surface area (Å²) in [5.74, 6) is 9.73. The van der Waals surface area contributed by atoms with Crippen molar-refractivity contribution < 1.29 is 37.1 Å². The molecule has 3 heteroatoms. The van der Waals surface area contributed by atoms with Crippen molar-refractivity contribution >= 4 is 0 Å². The third kappa shape index (κ3) is 6.04. The Morgan fingerprint density at radius 3 is 2.08 bits per heavy atom. The SMILES string of the molecule is CC1CCC(C2CCC(C#CC3[CH-]CC(C#N)C(F)C3)CC2)CC1.[Y]. The molecule has 25 heavy (non-hydrogen) atoms. The van der Waals surface area contributed by atoms with Gasteiger partial charge < -0.3 is 6.42 Å². The number of rotatable bonds is 1. The summed E-state index contributed by atoms with van der Waals surface area (Å²) < 4.78 is 13.8. The molecule has 0 amide bonds. The summed E-state index contributed by atoms with van der Waals surface area (Å²) in [4.78, 5) is 0. The largest absolute Gasteiger partial charge is 0.312 e. The molecule has 0 heterocycles. The predicted molar refractivity (Wildman–Crippen MR) is 95.4 cm³/mol. The van der Waals surface area contributed by atoms with Crippen molar-refractivity contribution in [3.8, 4) is 17.9 Å². The molecule has 0 N–H and O–H groups in total. The van der Waals surface area contributed by atoms with Gasteiger partial charge in [0.15, 0.2) is 0 Å². The van der Waals surface area contributed by atoms with Gasteiger partial charge in [0.1, 0.15) is 6.17 Å². The van der Waals surface area contributed by atoms with Crippen LogP contribution < -0.4 is 0 Å². The summed E-state index contributed by atoms with van der Waals surface area (Å²) in [5, 5.41) is 8.88. The number of nitrogens with zero attached hydrogens (tertiary/aromatic N) is 1. The van der Waals surface area contributed by atoms with Crippen molar-refractivity contribution in [2.45, 2.75) is 77.3 Å². The fourth-order valence-electron chi connectivity index (χ4n) is 4.93. The molecule has 0 saturated heterocycles. The Morgan fingerprint density at radius 1 is 0.920 bits per heavy atom. The van der Waals surface area contributed by atoms with Crippen LogP contribution in [0, 0.1) is 65.1 Å². The van der Waals surface area contributed by atoms with Gasteiger partial charge in [-0.3, -0.25) is 0 Å². The van der Waals surface area contributed by atoms with E-state index in [9.17, 15) is 4.39 Å². The first kappa shape index (κ1) is 21.4. The molecule has 0 aromatic rings. The summed E-state index contributed by atoms with van der Waals surface area (Å²) in [5.41, 5.74) is 0. The minimum Gasteiger partial charge on any atom is -0.312 e. The van der Waals surface area contributed by atoms with Gasteiger partial charge in [-0.05, 0) is 62.7 Å². The summed E-state index contributed by atoms with van der Waals surface area (Å²) in [7, 11) is 0. The zero-order valence-corrected chi connectivity index (χ0v) is 18.4. The topological polar surface area (TPSA) is 23.8 Å². The summed E-state index contributed by atoms with van der Waals surface area (Å²) in [6, 6.07) is 2.06. The zero-order chi connectivity index (χ0) is 16.9. The van der Waals surface area contributed by atoms with E-state index in [0.29, 0.717) is 18.8 Å². The second kappa shape index (κ2) is 10.4. The van der Waals surface area contributed by atoms with Gasteiger partial charge in [-0.15, -0.1) is 17.8 Å². The fraction of sp³-hybridized carbons (Fsp3) is 0.818. The Morgan fingerprint density at radius 2 is 1.52 bits per heavy atom. The van der Waals surface area contributed by atoms with Gasteiger partial charge in [-0.2, -0.15) is 11.7 Å². The Labute approximate surface area is 178 Å². The number of alkyl halides is 1. The van der Waals surface area contributed by atoms with Gasteiger partial charge in [0.2, 0.25) is 0 Å². The molecule has 3 saturated carbocycles. The zero-order valence-electron chi connectivity index (χ0n) is 15.6. The quantitative estimate of drug-likeness (QED) is 0.396. The van der Waals surface area contributed by atoms with Crippen LogP contribution in [-0.2, 0) is 32.7 Å². The Bertz CT molecular complexity index is 500. The van der Waals surface area contributed by atoms with E-state index in [-0.39, 0.29) is 38.6 Å². The maximum absolute atomic E-state index is 13.8. The molecule has 135 valence electrons. The molecule has 1 nitrogen and oxygen atoms in total. The van der Waals surface area contributed by atoms with Crippen LogP contribution in [-0.4, -0.2) is 6.17 Å². The van der Waals surface area contributed by atoms with E-state index in [4.69, 9.17) is 5.26 Å². The minimum atomic E-state index is -0.997. The van der Waals surface area contributed by atoms with E-state index in [2.05, 4.69) is 31.3 Å². The maximum Gasteiger partial charge on any atom is 0.112 e. The fourth-order valence-corrected chi connectivity index (χ4v) is 4.93. The average molecular weight is 417 g/mol. The number of halogens is 1. The van der Waals surface area contributed by atoms with Crippen molar-refractivity contribution in [3.63, 3.8) is 0 Å². The van der Waals surface area contributed by atoms with Crippen LogP contribution in [0.1, 0.15) is 71.1 Å². The summed E-state index contributed by atoms with van der Waals surface area (Å²) in [6.07, 6.45) is 12.9. The second-order valence-corrected chi connectivity index (χ2v) is 8.49. The Kier molecular flexibility index (Phi) is 8.92. The molecule has 3 rings (SSSR count). The molecular formula is C22H31FNY-. The normalized spacial score (nSPS) is 41.6. The van der Waals surface area contributed by atoms with Crippen LogP contribution in [0.15, 0.2) is 0 Å². The average Bonchev–Trinajstić information content (AvgIpc) is 2.61. The van der Waals surface area contributed by atoms with Gasteiger partial charge in [-0.1, -0.05) is 19.8 Å². The predicted octanol–water partition coefficient (Wildman–Crippen LogP) is 5.71. The van der Waals surface area contributed by atoms with Gasteiger partial charge in [0.25, 0.3) is 0 Å². The monoisotopic (exact) mass is 417 g/mol. The van der Waals surface area contributed by atoms with E-state index >= 15 is 0 Å². The van der Waals surface area contributed by atoms with E-state index in [1.165, 1.54) is 51.4 Å². The van der Waals surface area contributed by atoms with E-state index in [1.807, 2.05) is 0 Å². The third-order valence-electron chi connectivity index (χ3n) is 6.73. The van der Waals surface area contributed by atoms with E-state index < -0.39 is 12.1 Å². The van der Waals surface area contributed by atoms with Crippen molar-refractivity contribution in [3.05, 3.63) is 6.42 Å². The Hall–Kier alpha value is 0.0839. The van der Waals surface area contributed by atoms with Crippen LogP contribution in [0.5, 0.6) is 0 Å². The number of hydrogen-bond acceptors (Lipinski definition) is 1. The second-order valence-electron chi connectivity index (χ2n) is 8.49. The van der Waals surface area contributed by atoms with Crippen LogP contribution in [0.25, 0.3) is 0 Å². The molecule has 3 fully saturated rings. The van der Waals surface area contributed by atoms with Gasteiger partial charge >= 0.3 is 0 Å². The van der Waals surface area contributed by atoms with Crippen molar-refractivity contribution in [2.75, 3.05) is 0 Å². The molecule has 3 aliphatic carbocycles. The molecule has 3 atom stereocenters. The summed E-state index contributed by atoms with van der Waals surface area (Å²) >= 11 is 0. The molecule has 3 unspecified atom stereocenters.